The summed E-state index contributed by atoms with van der Waals surface area (Å²) in [6.45, 7) is 0.330. The molecule has 2 N–H and O–H groups in total. The van der Waals surface area contributed by atoms with Gasteiger partial charge >= 0.3 is 12.2 Å². The largest absolute Gasteiger partial charge is 0.508 e. The molecule has 9 nitrogen and oxygen atoms in total. The van der Waals surface area contributed by atoms with Gasteiger partial charge in [-0.2, -0.15) is 23.1 Å². The highest BCUT2D eigenvalue weighted by molar-refractivity contribution is 6.04. The second-order valence-corrected chi connectivity index (χ2v) is 13.7. The first-order valence-electron chi connectivity index (χ1n) is 16.5. The van der Waals surface area contributed by atoms with Gasteiger partial charge in [-0.1, -0.05) is 18.4 Å². The predicted octanol–water partition coefficient (Wildman–Crippen LogP) is 6.36. The number of aliphatic hydroxyl groups is 1. The molecule has 14 heteroatoms. The zero-order valence-electron chi connectivity index (χ0n) is 27.6. The van der Waals surface area contributed by atoms with Gasteiger partial charge < -0.3 is 29.5 Å². The van der Waals surface area contributed by atoms with Crippen LogP contribution in [-0.2, 0) is 0 Å². The van der Waals surface area contributed by atoms with Crippen LogP contribution in [0, 0.1) is 29.4 Å². The number of likely N-dealkylation sites (tertiary alicyclic amines) is 1. The lowest BCUT2D eigenvalue weighted by Crippen LogP contribution is -2.57. The highest BCUT2D eigenvalue weighted by atomic mass is 19.4. The van der Waals surface area contributed by atoms with Crippen LogP contribution in [0.4, 0.5) is 27.8 Å². The van der Waals surface area contributed by atoms with Crippen LogP contribution in [0.25, 0.3) is 32.9 Å². The zero-order chi connectivity index (χ0) is 35.6. The van der Waals surface area contributed by atoms with Crippen molar-refractivity contribution in [3.63, 3.8) is 0 Å². The molecular weight excluding hydrogens is 661 g/mol. The molecule has 1 aliphatic carbocycles. The van der Waals surface area contributed by atoms with Crippen molar-refractivity contribution in [2.75, 3.05) is 45.3 Å². The first-order chi connectivity index (χ1) is 23.8. The van der Waals surface area contributed by atoms with E-state index < -0.39 is 42.1 Å². The molecule has 1 saturated carbocycles. The Bertz CT molecular complexity index is 2040. The van der Waals surface area contributed by atoms with Crippen LogP contribution in [0.5, 0.6) is 17.6 Å². The summed E-state index contributed by atoms with van der Waals surface area (Å²) in [4.78, 5) is 16.9. The maximum Gasteiger partial charge on any atom is 0.418 e. The molecule has 2 aliphatic heterocycles. The van der Waals surface area contributed by atoms with E-state index >= 15 is 4.39 Å². The summed E-state index contributed by atoms with van der Waals surface area (Å²) in [7, 11) is 3.32. The standard InChI is InChI=1S/C36H36F5N5O4/c1-4-22-24(37)10-9-20-16-21(47)17-23(26(20)22)29-28(38)30-27(32(42-29)49-3)31(46-15-7-13-35(48,18-46)36(39,40)41)44-33(43-30)50-19-34-11-5-8-25(34)45(2)14-6-12-34/h1,9-10,16-17,25,47-48H,5-8,11-15,18-19H2,2-3H3/t25-,34-,35?/m1/s1. The Balaban J connectivity index is 1.44. The number of nitrogens with zero attached hydrogens (tertiary/aromatic N) is 5. The minimum absolute atomic E-state index is 0.0408. The molecule has 4 heterocycles. The molecule has 2 aromatic heterocycles. The Morgan fingerprint density at radius 3 is 2.54 bits per heavy atom. The lowest BCUT2D eigenvalue weighted by molar-refractivity contribution is -0.261. The summed E-state index contributed by atoms with van der Waals surface area (Å²) in [5.74, 6) is -0.192. The van der Waals surface area contributed by atoms with Crippen molar-refractivity contribution in [2.45, 2.75) is 62.8 Å². The number of alkyl halides is 3. The third-order valence-corrected chi connectivity index (χ3v) is 10.7. The Kier molecular flexibility index (Phi) is 8.42. The number of piperidine rings is 2. The Morgan fingerprint density at radius 1 is 1.04 bits per heavy atom. The fourth-order valence-electron chi connectivity index (χ4n) is 8.31. The second-order valence-electron chi connectivity index (χ2n) is 13.7. The van der Waals surface area contributed by atoms with Gasteiger partial charge in [-0.15, -0.1) is 6.42 Å². The Labute approximate surface area is 285 Å². The number of terminal acetylenes is 1. The number of methoxy groups -OCH3 is 1. The van der Waals surface area contributed by atoms with Crippen LogP contribution in [0.2, 0.25) is 0 Å². The third-order valence-electron chi connectivity index (χ3n) is 10.7. The van der Waals surface area contributed by atoms with Crippen molar-refractivity contribution in [2.24, 2.45) is 5.41 Å². The van der Waals surface area contributed by atoms with E-state index in [9.17, 15) is 27.8 Å². The lowest BCUT2D eigenvalue weighted by atomic mass is 9.76. The summed E-state index contributed by atoms with van der Waals surface area (Å²) in [6.07, 6.45) is 4.92. The van der Waals surface area contributed by atoms with Crippen molar-refractivity contribution >= 4 is 27.5 Å². The van der Waals surface area contributed by atoms with Gasteiger partial charge in [0.15, 0.2) is 11.4 Å². The van der Waals surface area contributed by atoms with Crippen molar-refractivity contribution in [1.29, 1.82) is 0 Å². The number of aromatic nitrogens is 3. The average Bonchev–Trinajstić information content (AvgIpc) is 3.52. The molecular formula is C36H36F5N5O4. The first-order valence-corrected chi connectivity index (χ1v) is 16.5. The molecule has 0 radical (unpaired) electrons. The second kappa shape index (κ2) is 12.4. The van der Waals surface area contributed by atoms with Crippen molar-refractivity contribution < 1.29 is 41.6 Å². The minimum atomic E-state index is -4.95. The number of rotatable bonds is 6. The quantitative estimate of drug-likeness (QED) is 0.176. The molecule has 0 bridgehead atoms. The highest BCUT2D eigenvalue weighted by Gasteiger charge is 2.56. The topological polar surface area (TPSA) is 104 Å². The SMILES string of the molecule is C#Cc1c(F)ccc2cc(O)cc(-c3nc(OC)c4c(N5CCCC(O)(C(F)(F)F)C5)nc(OC[C@]56CCC[C@H]5N(C)CCC6)nc4c3F)c12. The van der Waals surface area contributed by atoms with Gasteiger partial charge in [-0.25, -0.2) is 13.8 Å². The number of aromatic hydroxyl groups is 1. The van der Waals surface area contributed by atoms with E-state index in [1.807, 2.05) is 0 Å². The molecule has 3 fully saturated rings. The summed E-state index contributed by atoms with van der Waals surface area (Å²) in [5.41, 5.74) is -4.29. The Hall–Kier alpha value is -4.48. The van der Waals surface area contributed by atoms with Crippen molar-refractivity contribution in [3.8, 4) is 41.2 Å². The summed E-state index contributed by atoms with van der Waals surface area (Å²) in [5, 5.41) is 21.6. The van der Waals surface area contributed by atoms with E-state index in [2.05, 4.69) is 32.8 Å². The number of halogens is 5. The highest BCUT2D eigenvalue weighted by Crippen LogP contribution is 2.48. The zero-order valence-corrected chi connectivity index (χ0v) is 27.6. The molecule has 2 aromatic carbocycles. The van der Waals surface area contributed by atoms with E-state index in [0.29, 0.717) is 5.39 Å². The number of anilines is 1. The predicted molar refractivity (Wildman–Crippen MR) is 176 cm³/mol. The Morgan fingerprint density at radius 2 is 1.80 bits per heavy atom. The molecule has 3 atom stereocenters. The molecule has 0 amide bonds. The monoisotopic (exact) mass is 697 g/mol. The van der Waals surface area contributed by atoms with Crippen LogP contribution in [0.1, 0.15) is 50.5 Å². The molecule has 4 aromatic rings. The van der Waals surface area contributed by atoms with Crippen molar-refractivity contribution in [1.82, 2.24) is 19.9 Å². The van der Waals surface area contributed by atoms with Gasteiger partial charge in [0.25, 0.3) is 0 Å². The van der Waals surface area contributed by atoms with E-state index in [1.165, 1.54) is 30.2 Å². The molecule has 0 spiro atoms. The van der Waals surface area contributed by atoms with E-state index in [4.69, 9.17) is 15.9 Å². The fourth-order valence-corrected chi connectivity index (χ4v) is 8.31. The van der Waals surface area contributed by atoms with Gasteiger partial charge in [0.1, 0.15) is 34.0 Å². The number of benzene rings is 2. The first kappa shape index (κ1) is 34.0. The normalized spacial score (nSPS) is 24.4. The number of hydrogen-bond acceptors (Lipinski definition) is 9. The van der Waals surface area contributed by atoms with Crippen molar-refractivity contribution in [3.05, 3.63) is 41.5 Å². The third kappa shape index (κ3) is 5.51. The molecule has 50 heavy (non-hydrogen) atoms. The van der Waals surface area contributed by atoms with Gasteiger partial charge in [0.2, 0.25) is 5.88 Å². The van der Waals surface area contributed by atoms with Crippen LogP contribution in [-0.4, -0.2) is 88.3 Å². The number of phenols is 1. The minimum Gasteiger partial charge on any atom is -0.508 e. The summed E-state index contributed by atoms with van der Waals surface area (Å²) < 4.78 is 86.1. The number of β-amino-alcohol motifs (C(OH)–C–C–N with tert-alkyl or cyclic N) is 1. The number of hydrogen-bond donors (Lipinski definition) is 2. The van der Waals surface area contributed by atoms with Gasteiger partial charge in [0, 0.05) is 29.0 Å². The number of ether oxygens (including phenoxy) is 2. The fraction of sp³-hybridized carbons (Fsp3) is 0.472. The maximum absolute atomic E-state index is 17.0. The number of phenolic OH excluding ortho intramolecular Hbond substituents is 1. The average molecular weight is 698 g/mol. The van der Waals surface area contributed by atoms with Gasteiger partial charge in [-0.05, 0) is 75.7 Å². The molecule has 7 rings (SSSR count). The van der Waals surface area contributed by atoms with Crippen LogP contribution < -0.4 is 14.4 Å². The van der Waals surface area contributed by atoms with E-state index in [0.717, 1.165) is 44.7 Å². The summed E-state index contributed by atoms with van der Waals surface area (Å²) in [6, 6.07) is 5.04. The molecule has 264 valence electrons. The molecule has 2 saturated heterocycles. The number of fused-ring (bicyclic) bond motifs is 3. The maximum atomic E-state index is 17.0. The van der Waals surface area contributed by atoms with Gasteiger partial charge in [0.05, 0.1) is 25.8 Å². The van der Waals surface area contributed by atoms with Crippen LogP contribution >= 0.6 is 0 Å². The summed E-state index contributed by atoms with van der Waals surface area (Å²) >= 11 is 0. The smallest absolute Gasteiger partial charge is 0.418 e. The number of pyridine rings is 1. The van der Waals surface area contributed by atoms with Crippen LogP contribution in [0.15, 0.2) is 24.3 Å². The molecule has 1 unspecified atom stereocenters. The van der Waals surface area contributed by atoms with E-state index in [1.54, 1.807) is 0 Å². The van der Waals surface area contributed by atoms with Gasteiger partial charge in [-0.3, -0.25) is 0 Å². The van der Waals surface area contributed by atoms with Crippen LogP contribution in [0.3, 0.4) is 0 Å². The lowest BCUT2D eigenvalue weighted by Gasteiger charge is -2.44. The van der Waals surface area contributed by atoms with E-state index in [-0.39, 0.29) is 81.9 Å². The molecule has 3 aliphatic rings.